The molecule has 0 aliphatic carbocycles. The van der Waals surface area contributed by atoms with Crippen LogP contribution in [0.25, 0.3) is 50.2 Å². The molecular weight excluding hydrogens is 713 g/mol. The van der Waals surface area contributed by atoms with Gasteiger partial charge in [0.05, 0.1) is 13.7 Å². The third-order valence-electron chi connectivity index (χ3n) is 8.40. The molecule has 0 saturated carbocycles. The molecule has 0 aliphatic heterocycles. The molecule has 0 fully saturated rings. The molecule has 0 unspecified atom stereocenters. The lowest BCUT2D eigenvalue weighted by Crippen LogP contribution is -2.01. The van der Waals surface area contributed by atoms with Crippen molar-refractivity contribution in [2.24, 2.45) is 0 Å². The summed E-state index contributed by atoms with van der Waals surface area (Å²) in [7, 11) is 1.57. The fraction of sp³-hybridized carbons (Fsp3) is 0.122. The molecule has 282 valence electrons. The standard InChI is InChI=1S/C16H17N3O2.C13H11N3O2.C12H10N4O/c1-2-3-10-21-12-8-9-16(20)15(11-12)19-17-13-6-4-5-7-14(13)18-19;1-18-9-6-7-13(17)12(8-9)16-14-10-4-2-3-5-11(10)15-16;13-8-5-6-12(17)11(7-8)16-14-9-3-1-2-4-10(9)15-16/h4-9,11,20H,2-3,10H2,1H3;2-8,17H,1H3;1-7,17H,13H2. The number of nitrogens with zero attached hydrogens (tertiary/aromatic N) is 9. The normalized spacial score (nSPS) is 10.8. The summed E-state index contributed by atoms with van der Waals surface area (Å²) in [4.78, 5) is 4.23. The Morgan fingerprint density at radius 1 is 0.500 bits per heavy atom. The van der Waals surface area contributed by atoms with Crippen LogP contribution in [-0.2, 0) is 0 Å². The molecule has 9 aromatic rings. The lowest BCUT2D eigenvalue weighted by atomic mass is 10.2. The van der Waals surface area contributed by atoms with Gasteiger partial charge >= 0.3 is 0 Å². The summed E-state index contributed by atoms with van der Waals surface area (Å²) in [6, 6.07) is 37.4. The Kier molecular flexibility index (Phi) is 10.8. The molecule has 0 radical (unpaired) electrons. The van der Waals surface area contributed by atoms with E-state index in [9.17, 15) is 15.3 Å². The molecule has 0 atom stereocenters. The second-order valence-electron chi connectivity index (χ2n) is 12.4. The Morgan fingerprint density at radius 2 is 0.857 bits per heavy atom. The van der Waals surface area contributed by atoms with Gasteiger partial charge in [0.2, 0.25) is 0 Å². The SMILES string of the molecule is CCCCOc1ccc(O)c(-n2nc3ccccc3n2)c1.COc1ccc(O)c(-n2nc3ccccc3n2)c1.Nc1ccc(O)c(-n2nc3ccccc3n2)c1. The number of aromatic nitrogens is 9. The number of hydrogen-bond donors (Lipinski definition) is 4. The number of aromatic hydroxyl groups is 3. The van der Waals surface area contributed by atoms with Crippen LogP contribution in [0.1, 0.15) is 19.8 Å². The third-order valence-corrected chi connectivity index (χ3v) is 8.40. The Labute approximate surface area is 320 Å². The van der Waals surface area contributed by atoms with E-state index in [0.717, 1.165) is 45.9 Å². The number of ether oxygens (including phenoxy) is 2. The van der Waals surface area contributed by atoms with Gasteiger partial charge in [0.25, 0.3) is 0 Å². The molecule has 15 heteroatoms. The Balaban J connectivity index is 0.000000129. The minimum Gasteiger partial charge on any atom is -0.506 e. The number of rotatable bonds is 8. The van der Waals surface area contributed by atoms with Crippen molar-refractivity contribution in [2.45, 2.75) is 19.8 Å². The highest BCUT2D eigenvalue weighted by atomic mass is 16.5. The average molecular weight is 751 g/mol. The van der Waals surface area contributed by atoms with Crippen LogP contribution in [0.15, 0.2) is 127 Å². The van der Waals surface area contributed by atoms with Gasteiger partial charge < -0.3 is 30.5 Å². The van der Waals surface area contributed by atoms with Crippen LogP contribution >= 0.6 is 0 Å². The molecule has 0 bridgehead atoms. The fourth-order valence-electron chi connectivity index (χ4n) is 5.48. The smallest absolute Gasteiger partial charge is 0.143 e. The van der Waals surface area contributed by atoms with Gasteiger partial charge in [-0.15, -0.1) is 45.0 Å². The number of nitrogens with two attached hydrogens (primary N) is 1. The van der Waals surface area contributed by atoms with Crippen LogP contribution < -0.4 is 15.2 Å². The molecule has 0 amide bonds. The molecule has 9 rings (SSSR count). The zero-order valence-corrected chi connectivity index (χ0v) is 30.5. The second-order valence-corrected chi connectivity index (χ2v) is 12.4. The van der Waals surface area contributed by atoms with Crippen molar-refractivity contribution in [2.75, 3.05) is 19.5 Å². The maximum atomic E-state index is 10.0. The first kappa shape index (κ1) is 36.7. The predicted molar refractivity (Wildman–Crippen MR) is 213 cm³/mol. The Hall–Kier alpha value is -7.68. The molecule has 0 spiro atoms. The van der Waals surface area contributed by atoms with Crippen LogP contribution in [0, 0.1) is 0 Å². The summed E-state index contributed by atoms with van der Waals surface area (Å²) in [5.41, 5.74) is 12.4. The van der Waals surface area contributed by atoms with Gasteiger partial charge in [-0.25, -0.2) is 0 Å². The zero-order valence-electron chi connectivity index (χ0n) is 30.5. The van der Waals surface area contributed by atoms with E-state index in [0.29, 0.717) is 40.9 Å². The first-order valence-electron chi connectivity index (χ1n) is 17.7. The highest BCUT2D eigenvalue weighted by molar-refractivity contribution is 5.75. The lowest BCUT2D eigenvalue weighted by molar-refractivity contribution is 0.308. The van der Waals surface area contributed by atoms with Crippen molar-refractivity contribution < 1.29 is 24.8 Å². The second kappa shape index (κ2) is 16.6. The number of benzene rings is 6. The summed E-state index contributed by atoms with van der Waals surface area (Å²) in [6.07, 6.45) is 2.08. The molecule has 5 N–H and O–H groups in total. The number of fused-ring (bicyclic) bond motifs is 3. The summed E-state index contributed by atoms with van der Waals surface area (Å²) < 4.78 is 10.8. The number of phenols is 3. The van der Waals surface area contributed by atoms with Crippen LogP contribution in [0.2, 0.25) is 0 Å². The summed E-state index contributed by atoms with van der Waals surface area (Å²) in [6.45, 7) is 2.78. The van der Waals surface area contributed by atoms with Gasteiger partial charge in [0.15, 0.2) is 0 Å². The van der Waals surface area contributed by atoms with Crippen molar-refractivity contribution in [1.29, 1.82) is 0 Å². The third kappa shape index (κ3) is 8.26. The molecule has 6 aromatic carbocycles. The zero-order chi connectivity index (χ0) is 39.0. The van der Waals surface area contributed by atoms with E-state index in [1.54, 1.807) is 55.6 Å². The quantitative estimate of drug-likeness (QED) is 0.0696. The van der Waals surface area contributed by atoms with E-state index in [1.165, 1.54) is 20.5 Å². The maximum absolute atomic E-state index is 10.0. The van der Waals surface area contributed by atoms with E-state index < -0.39 is 0 Å². The van der Waals surface area contributed by atoms with Crippen molar-refractivity contribution >= 4 is 38.8 Å². The van der Waals surface area contributed by atoms with E-state index in [-0.39, 0.29) is 17.2 Å². The van der Waals surface area contributed by atoms with Crippen molar-refractivity contribution in [3.63, 3.8) is 0 Å². The number of phenolic OH excluding ortho intramolecular Hbond substituents is 3. The topological polar surface area (TPSA) is 197 Å². The predicted octanol–water partition coefficient (Wildman–Crippen LogP) is 7.15. The van der Waals surface area contributed by atoms with Gasteiger partial charge in [-0.05, 0) is 85.3 Å². The number of methoxy groups -OCH3 is 1. The van der Waals surface area contributed by atoms with E-state index in [4.69, 9.17) is 15.2 Å². The first-order valence-corrected chi connectivity index (χ1v) is 17.7. The molecule has 15 nitrogen and oxygen atoms in total. The number of nitrogen functional groups attached to an aromatic ring is 1. The highest BCUT2D eigenvalue weighted by Gasteiger charge is 2.12. The maximum Gasteiger partial charge on any atom is 0.143 e. The van der Waals surface area contributed by atoms with Gasteiger partial charge in [-0.3, -0.25) is 0 Å². The van der Waals surface area contributed by atoms with Crippen molar-refractivity contribution in [3.05, 3.63) is 127 Å². The first-order chi connectivity index (χ1) is 27.3. The van der Waals surface area contributed by atoms with Crippen molar-refractivity contribution in [3.8, 4) is 45.8 Å². The largest absolute Gasteiger partial charge is 0.506 e. The Bertz CT molecular complexity index is 2640. The number of unbranched alkanes of at least 4 members (excludes halogenated alkanes) is 1. The average Bonchev–Trinajstić information content (AvgIpc) is 3.97. The minimum absolute atomic E-state index is 0.0968. The van der Waals surface area contributed by atoms with Gasteiger partial charge in [-0.1, -0.05) is 49.7 Å². The molecule has 0 saturated heterocycles. The van der Waals surface area contributed by atoms with Crippen LogP contribution in [0.3, 0.4) is 0 Å². The molecule has 3 aromatic heterocycles. The summed E-state index contributed by atoms with van der Waals surface area (Å²) in [5.74, 6) is 1.68. The van der Waals surface area contributed by atoms with Crippen LogP contribution in [0.4, 0.5) is 5.69 Å². The fourth-order valence-corrected chi connectivity index (χ4v) is 5.48. The van der Waals surface area contributed by atoms with Gasteiger partial charge in [-0.2, -0.15) is 0 Å². The van der Waals surface area contributed by atoms with E-state index in [1.807, 2.05) is 72.8 Å². The molecule has 56 heavy (non-hydrogen) atoms. The van der Waals surface area contributed by atoms with Crippen molar-refractivity contribution in [1.82, 2.24) is 45.0 Å². The molecule has 3 heterocycles. The highest BCUT2D eigenvalue weighted by Crippen LogP contribution is 2.28. The molecular formula is C41H38N10O5. The number of anilines is 1. The van der Waals surface area contributed by atoms with Crippen LogP contribution in [0.5, 0.6) is 28.7 Å². The summed E-state index contributed by atoms with van der Waals surface area (Å²) in [5, 5.41) is 55.5. The monoisotopic (exact) mass is 750 g/mol. The Morgan fingerprint density at radius 3 is 1.25 bits per heavy atom. The molecule has 0 aliphatic rings. The lowest BCUT2D eigenvalue weighted by Gasteiger charge is -2.08. The van der Waals surface area contributed by atoms with Crippen LogP contribution in [-0.4, -0.2) is 74.0 Å². The summed E-state index contributed by atoms with van der Waals surface area (Å²) >= 11 is 0. The van der Waals surface area contributed by atoms with Gasteiger partial charge in [0, 0.05) is 17.8 Å². The minimum atomic E-state index is 0.0968. The number of hydrogen-bond acceptors (Lipinski definition) is 12. The van der Waals surface area contributed by atoms with Gasteiger partial charge in [0.1, 0.15) is 78.9 Å². The van der Waals surface area contributed by atoms with E-state index >= 15 is 0 Å². The van der Waals surface area contributed by atoms with E-state index in [2.05, 4.69) is 37.5 Å².